The Labute approximate surface area is 176 Å². The third-order valence-corrected chi connectivity index (χ3v) is 6.28. The second kappa shape index (κ2) is 9.46. The lowest BCUT2D eigenvalue weighted by Crippen LogP contribution is -2.34. The molecule has 0 saturated carbocycles. The molecule has 28 heavy (non-hydrogen) atoms. The fraction of sp³-hybridized carbons (Fsp3) is 0.222. The molecule has 0 spiro atoms. The zero-order valence-corrected chi connectivity index (χ0v) is 18.3. The standard InChI is InChI=1S/C18H19BrN2O5S2/c1-3-8-21(10-13-5-7-16(19)27-13)17(22)11-26-18(23)15-9-14(28(20,24)25)6-4-12(15)2/h3-7,9H,1,8,10-11H2,2H3,(H2,20,24,25). The van der Waals surface area contributed by atoms with Crippen molar-refractivity contribution in [3.63, 3.8) is 0 Å². The largest absolute Gasteiger partial charge is 0.452 e. The Morgan fingerprint density at radius 1 is 1.32 bits per heavy atom. The van der Waals surface area contributed by atoms with Crippen LogP contribution in [0.3, 0.4) is 0 Å². The lowest BCUT2D eigenvalue weighted by Gasteiger charge is -2.20. The molecule has 0 unspecified atom stereocenters. The molecular weight excluding hydrogens is 468 g/mol. The van der Waals surface area contributed by atoms with E-state index in [1.54, 1.807) is 13.0 Å². The molecule has 2 N–H and O–H groups in total. The molecule has 0 radical (unpaired) electrons. The summed E-state index contributed by atoms with van der Waals surface area (Å²) in [6, 6.07) is 7.68. The minimum Gasteiger partial charge on any atom is -0.452 e. The molecular formula is C18H19BrN2O5S2. The fourth-order valence-corrected chi connectivity index (χ4v) is 4.37. The molecule has 2 rings (SSSR count). The number of hydrogen-bond donors (Lipinski definition) is 1. The van der Waals surface area contributed by atoms with E-state index in [2.05, 4.69) is 22.5 Å². The van der Waals surface area contributed by atoms with Gasteiger partial charge >= 0.3 is 5.97 Å². The SMILES string of the molecule is C=CCN(Cc1ccc(Br)s1)C(=O)COC(=O)c1cc(S(N)(=O)=O)ccc1C. The van der Waals surface area contributed by atoms with Crippen LogP contribution in [0.5, 0.6) is 0 Å². The van der Waals surface area contributed by atoms with Crippen LogP contribution in [0, 0.1) is 6.92 Å². The summed E-state index contributed by atoms with van der Waals surface area (Å²) in [5.41, 5.74) is 0.549. The molecule has 2 aromatic rings. The van der Waals surface area contributed by atoms with Crippen LogP contribution < -0.4 is 5.14 Å². The number of carbonyl (C=O) groups excluding carboxylic acids is 2. The van der Waals surface area contributed by atoms with Gasteiger partial charge in [-0.3, -0.25) is 4.79 Å². The molecule has 1 aromatic heterocycles. The number of nitrogens with two attached hydrogens (primary N) is 1. The van der Waals surface area contributed by atoms with E-state index >= 15 is 0 Å². The molecule has 1 aromatic carbocycles. The van der Waals surface area contributed by atoms with Gasteiger partial charge < -0.3 is 9.64 Å². The summed E-state index contributed by atoms with van der Waals surface area (Å²) in [6.07, 6.45) is 1.59. The topological polar surface area (TPSA) is 107 Å². The van der Waals surface area contributed by atoms with Crippen molar-refractivity contribution in [1.82, 2.24) is 4.90 Å². The maximum absolute atomic E-state index is 12.5. The van der Waals surface area contributed by atoms with Crippen molar-refractivity contribution in [2.45, 2.75) is 18.4 Å². The molecule has 7 nitrogen and oxygen atoms in total. The minimum atomic E-state index is -3.96. The van der Waals surface area contributed by atoms with E-state index in [-0.39, 0.29) is 10.5 Å². The van der Waals surface area contributed by atoms with E-state index in [1.807, 2.05) is 12.1 Å². The summed E-state index contributed by atoms with van der Waals surface area (Å²) in [4.78, 5) is 27.1. The summed E-state index contributed by atoms with van der Waals surface area (Å²) in [6.45, 7) is 5.45. The Hall–Kier alpha value is -2.01. The maximum Gasteiger partial charge on any atom is 0.338 e. The zero-order chi connectivity index (χ0) is 20.9. The molecule has 10 heteroatoms. The van der Waals surface area contributed by atoms with Crippen LogP contribution in [0.1, 0.15) is 20.8 Å². The maximum atomic E-state index is 12.5. The zero-order valence-electron chi connectivity index (χ0n) is 15.1. The van der Waals surface area contributed by atoms with Crippen molar-refractivity contribution in [3.05, 3.63) is 62.8 Å². The Balaban J connectivity index is 2.07. The Morgan fingerprint density at radius 2 is 2.04 bits per heavy atom. The number of esters is 1. The van der Waals surface area contributed by atoms with Crippen LogP contribution in [-0.4, -0.2) is 38.3 Å². The van der Waals surface area contributed by atoms with Crippen molar-refractivity contribution in [1.29, 1.82) is 0 Å². The Morgan fingerprint density at radius 3 is 2.61 bits per heavy atom. The van der Waals surface area contributed by atoms with E-state index in [1.165, 1.54) is 28.4 Å². The van der Waals surface area contributed by atoms with Crippen LogP contribution in [0.4, 0.5) is 0 Å². The highest BCUT2D eigenvalue weighted by molar-refractivity contribution is 9.11. The van der Waals surface area contributed by atoms with Crippen molar-refractivity contribution >= 4 is 49.2 Å². The lowest BCUT2D eigenvalue weighted by atomic mass is 10.1. The summed E-state index contributed by atoms with van der Waals surface area (Å²) in [5, 5.41) is 5.09. The first-order chi connectivity index (χ1) is 13.1. The number of halogens is 1. The predicted molar refractivity (Wildman–Crippen MR) is 110 cm³/mol. The van der Waals surface area contributed by atoms with Gasteiger partial charge in [-0.15, -0.1) is 17.9 Å². The first kappa shape index (κ1) is 22.3. The number of amides is 1. The quantitative estimate of drug-likeness (QED) is 0.455. The monoisotopic (exact) mass is 486 g/mol. The first-order valence-electron chi connectivity index (χ1n) is 8.05. The van der Waals surface area contributed by atoms with Crippen molar-refractivity contribution in [3.8, 4) is 0 Å². The summed E-state index contributed by atoms with van der Waals surface area (Å²) in [5.74, 6) is -1.19. The Kier molecular flexibility index (Phi) is 7.53. The number of rotatable bonds is 8. The van der Waals surface area contributed by atoms with Gasteiger partial charge in [0.1, 0.15) is 0 Å². The number of hydrogen-bond acceptors (Lipinski definition) is 6. The molecule has 0 saturated heterocycles. The van der Waals surface area contributed by atoms with Gasteiger partial charge in [0, 0.05) is 11.4 Å². The van der Waals surface area contributed by atoms with Crippen LogP contribution in [0.15, 0.2) is 51.7 Å². The molecule has 0 bridgehead atoms. The van der Waals surface area contributed by atoms with Gasteiger partial charge in [0.25, 0.3) is 5.91 Å². The molecule has 0 atom stereocenters. The van der Waals surface area contributed by atoms with Crippen molar-refractivity contribution in [2.75, 3.05) is 13.2 Å². The highest BCUT2D eigenvalue weighted by atomic mass is 79.9. The number of nitrogens with zero attached hydrogens (tertiary/aromatic N) is 1. The van der Waals surface area contributed by atoms with Gasteiger partial charge in [-0.05, 0) is 52.7 Å². The Bertz CT molecular complexity index is 1000. The van der Waals surface area contributed by atoms with E-state index in [4.69, 9.17) is 9.88 Å². The highest BCUT2D eigenvalue weighted by Gasteiger charge is 2.19. The number of primary sulfonamides is 1. The second-order valence-corrected chi connectivity index (χ2v) is 9.98. The van der Waals surface area contributed by atoms with Crippen LogP contribution in [0.25, 0.3) is 0 Å². The van der Waals surface area contributed by atoms with Crippen LogP contribution >= 0.6 is 27.3 Å². The number of aryl methyl sites for hydroxylation is 1. The minimum absolute atomic E-state index is 0.0387. The molecule has 0 aliphatic heterocycles. The van der Waals surface area contributed by atoms with Gasteiger partial charge in [-0.1, -0.05) is 12.1 Å². The molecule has 1 amide bonds. The van der Waals surface area contributed by atoms with Gasteiger partial charge in [-0.2, -0.15) is 0 Å². The van der Waals surface area contributed by atoms with E-state index in [9.17, 15) is 18.0 Å². The van der Waals surface area contributed by atoms with Crippen LogP contribution in [0.2, 0.25) is 0 Å². The number of thiophene rings is 1. The number of sulfonamides is 1. The smallest absolute Gasteiger partial charge is 0.338 e. The predicted octanol–water partition coefficient (Wildman–Crippen LogP) is 2.84. The van der Waals surface area contributed by atoms with Crippen molar-refractivity contribution in [2.24, 2.45) is 5.14 Å². The number of carbonyl (C=O) groups is 2. The highest BCUT2D eigenvalue weighted by Crippen LogP contribution is 2.23. The van der Waals surface area contributed by atoms with Gasteiger partial charge in [0.15, 0.2) is 6.61 Å². The van der Waals surface area contributed by atoms with Gasteiger partial charge in [0.05, 0.1) is 20.8 Å². The molecule has 150 valence electrons. The average molecular weight is 487 g/mol. The first-order valence-corrected chi connectivity index (χ1v) is 11.2. The molecule has 0 aliphatic carbocycles. The summed E-state index contributed by atoms with van der Waals surface area (Å²) < 4.78 is 29.0. The normalized spacial score (nSPS) is 11.1. The third-order valence-electron chi connectivity index (χ3n) is 3.76. The second-order valence-electron chi connectivity index (χ2n) is 5.87. The summed E-state index contributed by atoms with van der Waals surface area (Å²) >= 11 is 4.87. The average Bonchev–Trinajstić information content (AvgIpc) is 3.03. The van der Waals surface area contributed by atoms with Crippen LogP contribution in [-0.2, 0) is 26.1 Å². The lowest BCUT2D eigenvalue weighted by molar-refractivity contribution is -0.134. The van der Waals surface area contributed by atoms with Crippen molar-refractivity contribution < 1.29 is 22.7 Å². The van der Waals surface area contributed by atoms with E-state index in [0.717, 1.165) is 14.7 Å². The van der Waals surface area contributed by atoms with E-state index in [0.29, 0.717) is 18.7 Å². The third kappa shape index (κ3) is 5.99. The number of ether oxygens (including phenoxy) is 1. The molecule has 0 fully saturated rings. The molecule has 1 heterocycles. The van der Waals surface area contributed by atoms with E-state index < -0.39 is 28.5 Å². The fourth-order valence-electron chi connectivity index (χ4n) is 2.33. The molecule has 0 aliphatic rings. The number of benzene rings is 1. The van der Waals surface area contributed by atoms with Gasteiger partial charge in [-0.25, -0.2) is 18.4 Å². The van der Waals surface area contributed by atoms with Gasteiger partial charge in [0.2, 0.25) is 10.0 Å². The summed E-state index contributed by atoms with van der Waals surface area (Å²) in [7, 11) is -3.96.